The molecule has 0 aliphatic heterocycles. The first kappa shape index (κ1) is 22.2. The van der Waals surface area contributed by atoms with E-state index in [-0.39, 0.29) is 28.3 Å². The number of likely N-dealkylation sites (N-methyl/N-ethyl adjacent to an activating group) is 1. The highest BCUT2D eigenvalue weighted by molar-refractivity contribution is 6.31. The van der Waals surface area contributed by atoms with Crippen LogP contribution in [0.5, 0.6) is 5.75 Å². The van der Waals surface area contributed by atoms with Gasteiger partial charge in [0.2, 0.25) is 5.91 Å². The predicted molar refractivity (Wildman–Crippen MR) is 108 cm³/mol. The summed E-state index contributed by atoms with van der Waals surface area (Å²) in [6.07, 6.45) is -3.99. The number of nitrogens with two attached hydrogens (primary N) is 1. The lowest BCUT2D eigenvalue weighted by molar-refractivity contribution is -0.176. The topological polar surface area (TPSA) is 161 Å². The van der Waals surface area contributed by atoms with Crippen LogP contribution in [0.3, 0.4) is 0 Å². The van der Waals surface area contributed by atoms with Gasteiger partial charge in [-0.3, -0.25) is 19.3 Å². The molecule has 0 heterocycles. The molecule has 2 fully saturated rings. The van der Waals surface area contributed by atoms with Gasteiger partial charge in [0.1, 0.15) is 5.75 Å². The zero-order valence-electron chi connectivity index (χ0n) is 17.0. The Kier molecular flexibility index (Phi) is 5.38. The van der Waals surface area contributed by atoms with Crippen molar-refractivity contribution in [2.24, 2.45) is 35.3 Å². The summed E-state index contributed by atoms with van der Waals surface area (Å²) < 4.78 is 0. The summed E-state index contributed by atoms with van der Waals surface area (Å²) in [4.78, 5) is 39.6. The largest absolute Gasteiger partial charge is 0.508 e. The van der Waals surface area contributed by atoms with Gasteiger partial charge in [-0.2, -0.15) is 0 Å². The fraction of sp³-hybridized carbons (Fsp3) is 0.571. The van der Waals surface area contributed by atoms with Crippen LogP contribution >= 0.6 is 11.6 Å². The summed E-state index contributed by atoms with van der Waals surface area (Å²) in [7, 11) is 3.25. The summed E-state index contributed by atoms with van der Waals surface area (Å²) in [5, 5.41) is 43.9. The number of phenolic OH excluding ortho intramolecular Hbond substituents is 1. The number of amides is 1. The number of primary amides is 1. The molecule has 1 amide bonds. The molecule has 4 unspecified atom stereocenters. The first-order valence-electron chi connectivity index (χ1n) is 10.1. The maximum absolute atomic E-state index is 13.1. The molecule has 9 nitrogen and oxygen atoms in total. The van der Waals surface area contributed by atoms with Crippen LogP contribution in [0.2, 0.25) is 5.02 Å². The number of aliphatic hydroxyl groups is 3. The Morgan fingerprint density at radius 3 is 2.29 bits per heavy atom. The van der Waals surface area contributed by atoms with Gasteiger partial charge in [-0.15, -0.1) is 0 Å². The van der Waals surface area contributed by atoms with Crippen molar-refractivity contribution in [3.63, 3.8) is 0 Å². The maximum atomic E-state index is 13.1. The van der Waals surface area contributed by atoms with Crippen LogP contribution in [0.1, 0.15) is 29.8 Å². The maximum Gasteiger partial charge on any atom is 0.235 e. The third-order valence-electron chi connectivity index (χ3n) is 7.27. The molecule has 6 N–H and O–H groups in total. The molecule has 3 aliphatic rings. The van der Waals surface area contributed by atoms with Crippen molar-refractivity contribution in [2.75, 3.05) is 14.1 Å². The number of hydrogen-bond acceptors (Lipinski definition) is 8. The summed E-state index contributed by atoms with van der Waals surface area (Å²) in [5.74, 6) is -8.01. The molecule has 31 heavy (non-hydrogen) atoms. The standard InChI is InChI=1S/C21H25ClN2O7/c1-24(2)15-6-5-7-11(17(27)10(6)19(29)14(20(15)30)21(23)31)18(28)13-9(25)4-3-8(22)12(13)16(7)26/h3-4,6-7,10-11,14-18,25-28H,5H2,1-2H3,(H2,23,31)/t6-,7+,10-,11?,14?,15+,16+,17?,18?/m1/s1. The lowest BCUT2D eigenvalue weighted by Crippen LogP contribution is -2.65. The Morgan fingerprint density at radius 2 is 1.71 bits per heavy atom. The SMILES string of the molecule is CN(C)[C@@H]1C(=O)C(C(N)=O)C(=O)[C@H]2C(O)C3C(O)c4c(O)ccc(Cl)c4[C@@H](O)[C@H]3C[C@@H]12. The number of carbonyl (C=O) groups excluding carboxylic acids is 3. The van der Waals surface area contributed by atoms with E-state index in [9.17, 15) is 34.8 Å². The Labute approximate surface area is 183 Å². The van der Waals surface area contributed by atoms with Gasteiger partial charge in [0, 0.05) is 22.1 Å². The summed E-state index contributed by atoms with van der Waals surface area (Å²) in [5.41, 5.74) is 5.52. The number of rotatable bonds is 2. The lowest BCUT2D eigenvalue weighted by Gasteiger charge is -2.54. The first-order chi connectivity index (χ1) is 14.5. The predicted octanol–water partition coefficient (Wildman–Crippen LogP) is -0.461. The number of ketones is 2. The second kappa shape index (κ2) is 7.53. The molecule has 1 aromatic carbocycles. The smallest absolute Gasteiger partial charge is 0.235 e. The molecule has 4 rings (SSSR count). The Morgan fingerprint density at radius 1 is 1.06 bits per heavy atom. The molecule has 1 aromatic rings. The molecule has 2 saturated carbocycles. The van der Waals surface area contributed by atoms with E-state index in [2.05, 4.69) is 0 Å². The van der Waals surface area contributed by atoms with Crippen molar-refractivity contribution in [3.05, 3.63) is 28.3 Å². The van der Waals surface area contributed by atoms with E-state index in [1.165, 1.54) is 12.1 Å². The highest BCUT2D eigenvalue weighted by atomic mass is 35.5. The van der Waals surface area contributed by atoms with Crippen LogP contribution in [-0.4, -0.2) is 69.0 Å². The van der Waals surface area contributed by atoms with E-state index in [0.29, 0.717) is 0 Å². The molecule has 10 heteroatoms. The van der Waals surface area contributed by atoms with Gasteiger partial charge >= 0.3 is 0 Å². The van der Waals surface area contributed by atoms with Gasteiger partial charge in [-0.05, 0) is 44.5 Å². The van der Waals surface area contributed by atoms with Gasteiger partial charge in [-0.25, -0.2) is 0 Å². The Balaban J connectivity index is 1.85. The highest BCUT2D eigenvalue weighted by Crippen LogP contribution is 2.58. The summed E-state index contributed by atoms with van der Waals surface area (Å²) in [6, 6.07) is 1.81. The van der Waals surface area contributed by atoms with Gasteiger partial charge < -0.3 is 26.2 Å². The Hall–Kier alpha value is -2.04. The van der Waals surface area contributed by atoms with Crippen molar-refractivity contribution in [3.8, 4) is 5.75 Å². The number of aromatic hydroxyl groups is 1. The normalized spacial score (nSPS) is 39.6. The van der Waals surface area contributed by atoms with E-state index in [4.69, 9.17) is 17.3 Å². The van der Waals surface area contributed by atoms with Gasteiger partial charge in [0.05, 0.1) is 30.3 Å². The third-order valence-corrected chi connectivity index (χ3v) is 7.60. The quantitative estimate of drug-likeness (QED) is 0.376. The number of carbonyl (C=O) groups is 3. The zero-order chi connectivity index (χ0) is 22.9. The van der Waals surface area contributed by atoms with Crippen LogP contribution in [0.4, 0.5) is 0 Å². The molecule has 0 aromatic heterocycles. The monoisotopic (exact) mass is 452 g/mol. The fourth-order valence-corrected chi connectivity index (χ4v) is 6.35. The number of fused-ring (bicyclic) bond motifs is 3. The number of benzene rings is 1. The lowest BCUT2D eigenvalue weighted by atomic mass is 9.53. The molecule has 0 spiro atoms. The number of Topliss-reactive ketones (excluding diaryl/α,β-unsaturated/α-hetero) is 2. The van der Waals surface area contributed by atoms with Crippen molar-refractivity contribution in [1.82, 2.24) is 4.90 Å². The van der Waals surface area contributed by atoms with Crippen molar-refractivity contribution >= 4 is 29.1 Å². The minimum atomic E-state index is -1.68. The first-order valence-corrected chi connectivity index (χ1v) is 10.5. The van der Waals surface area contributed by atoms with Gasteiger partial charge in [0.25, 0.3) is 0 Å². The van der Waals surface area contributed by atoms with Crippen LogP contribution in [0.15, 0.2) is 12.1 Å². The number of nitrogens with zero attached hydrogens (tertiary/aromatic N) is 1. The molecule has 3 aliphatic carbocycles. The number of phenols is 1. The van der Waals surface area contributed by atoms with Crippen LogP contribution in [0, 0.1) is 29.6 Å². The van der Waals surface area contributed by atoms with Crippen molar-refractivity contribution < 1.29 is 34.8 Å². The zero-order valence-corrected chi connectivity index (χ0v) is 17.7. The minimum Gasteiger partial charge on any atom is -0.508 e. The molecule has 0 bridgehead atoms. The van der Waals surface area contributed by atoms with Crippen LogP contribution in [-0.2, 0) is 14.4 Å². The van der Waals surface area contributed by atoms with Crippen LogP contribution in [0.25, 0.3) is 0 Å². The highest BCUT2D eigenvalue weighted by Gasteiger charge is 2.62. The Bertz CT molecular complexity index is 967. The summed E-state index contributed by atoms with van der Waals surface area (Å²) in [6.45, 7) is 0. The second-order valence-corrected chi connectivity index (χ2v) is 9.40. The molecule has 0 radical (unpaired) electrons. The molecular weight excluding hydrogens is 428 g/mol. The van der Waals surface area contributed by atoms with E-state index in [0.717, 1.165) is 0 Å². The van der Waals surface area contributed by atoms with Gasteiger partial charge in [0.15, 0.2) is 17.5 Å². The molecule has 0 saturated heterocycles. The van der Waals surface area contributed by atoms with Crippen molar-refractivity contribution in [1.29, 1.82) is 0 Å². The molecular formula is C21H25ClN2O7. The van der Waals surface area contributed by atoms with Gasteiger partial charge in [-0.1, -0.05) is 11.6 Å². The number of hydrogen-bond donors (Lipinski definition) is 5. The molecule has 9 atom stereocenters. The fourth-order valence-electron chi connectivity index (χ4n) is 6.08. The molecule has 168 valence electrons. The number of aliphatic hydroxyl groups excluding tert-OH is 3. The van der Waals surface area contributed by atoms with E-state index in [1.807, 2.05) is 0 Å². The second-order valence-electron chi connectivity index (χ2n) is 8.99. The summed E-state index contributed by atoms with van der Waals surface area (Å²) >= 11 is 6.25. The van der Waals surface area contributed by atoms with E-state index in [1.54, 1.807) is 19.0 Å². The third kappa shape index (κ3) is 3.02. The van der Waals surface area contributed by atoms with Crippen LogP contribution < -0.4 is 5.73 Å². The number of halogens is 1. The minimum absolute atomic E-state index is 0.00805. The van der Waals surface area contributed by atoms with E-state index >= 15 is 0 Å². The van der Waals surface area contributed by atoms with Crippen molar-refractivity contribution in [2.45, 2.75) is 30.8 Å². The van der Waals surface area contributed by atoms with E-state index < -0.39 is 71.4 Å². The average Bonchev–Trinajstić information content (AvgIpc) is 2.66. The average molecular weight is 453 g/mol.